The van der Waals surface area contributed by atoms with Crippen molar-refractivity contribution in [3.63, 3.8) is 0 Å². The number of ether oxygens (including phenoxy) is 2. The lowest BCUT2D eigenvalue weighted by atomic mass is 10.2. The average Bonchev–Trinajstić information content (AvgIpc) is 3.00. The monoisotopic (exact) mass is 295 g/mol. The van der Waals surface area contributed by atoms with E-state index in [4.69, 9.17) is 9.47 Å². The van der Waals surface area contributed by atoms with Gasteiger partial charge in [-0.05, 0) is 19.4 Å². The van der Waals surface area contributed by atoms with Crippen LogP contribution >= 0.6 is 0 Å². The average molecular weight is 295 g/mol. The van der Waals surface area contributed by atoms with Crippen LogP contribution in [0, 0.1) is 0 Å². The fraction of sp³-hybridized carbons (Fsp3) is 0.667. The minimum atomic E-state index is 0.138. The number of methoxy groups -OCH3 is 2. The third-order valence-electron chi connectivity index (χ3n) is 3.80. The quantitative estimate of drug-likeness (QED) is 0.734. The summed E-state index contributed by atoms with van der Waals surface area (Å²) in [6, 6.07) is 2.28. The summed E-state index contributed by atoms with van der Waals surface area (Å²) in [7, 11) is 3.24. The van der Waals surface area contributed by atoms with Crippen LogP contribution in [0.1, 0.15) is 18.5 Å². The Kier molecular flexibility index (Phi) is 6.22. The molecular weight excluding hydrogens is 270 g/mol. The van der Waals surface area contributed by atoms with Gasteiger partial charge >= 0.3 is 0 Å². The second kappa shape index (κ2) is 8.17. The fourth-order valence-electron chi connectivity index (χ4n) is 2.78. The molecule has 0 aliphatic carbocycles. The molecule has 1 saturated heterocycles. The Morgan fingerprint density at radius 1 is 1.43 bits per heavy atom. The first-order chi connectivity index (χ1) is 10.3. The molecule has 0 bridgehead atoms. The molecule has 1 aromatic rings. The largest absolute Gasteiger partial charge is 0.493 e. The van der Waals surface area contributed by atoms with E-state index in [-0.39, 0.29) is 6.61 Å². The van der Waals surface area contributed by atoms with Crippen LogP contribution in [0.4, 0.5) is 0 Å². The van der Waals surface area contributed by atoms with E-state index in [2.05, 4.69) is 15.2 Å². The van der Waals surface area contributed by atoms with Gasteiger partial charge in [0.2, 0.25) is 0 Å². The van der Waals surface area contributed by atoms with Gasteiger partial charge in [-0.2, -0.15) is 0 Å². The Hall–Kier alpha value is -1.37. The zero-order chi connectivity index (χ0) is 15.1. The molecule has 0 radical (unpaired) electrons. The van der Waals surface area contributed by atoms with Gasteiger partial charge in [0.15, 0.2) is 11.5 Å². The molecule has 1 fully saturated rings. The SMILES string of the molecule is COc1ccnc(CN(CCO)CC2CCCN2)c1OC. The van der Waals surface area contributed by atoms with E-state index in [0.29, 0.717) is 30.6 Å². The van der Waals surface area contributed by atoms with Gasteiger partial charge in [-0.3, -0.25) is 9.88 Å². The number of hydrogen-bond acceptors (Lipinski definition) is 6. The molecule has 118 valence electrons. The van der Waals surface area contributed by atoms with Gasteiger partial charge in [0, 0.05) is 37.9 Å². The van der Waals surface area contributed by atoms with Crippen molar-refractivity contribution in [1.29, 1.82) is 0 Å². The zero-order valence-corrected chi connectivity index (χ0v) is 12.8. The molecule has 0 aromatic carbocycles. The van der Waals surface area contributed by atoms with E-state index in [1.54, 1.807) is 26.5 Å². The molecule has 1 aliphatic rings. The van der Waals surface area contributed by atoms with Crippen LogP contribution in [0.15, 0.2) is 12.3 Å². The molecule has 6 nitrogen and oxygen atoms in total. The van der Waals surface area contributed by atoms with Crippen LogP contribution in [-0.4, -0.2) is 61.5 Å². The Labute approximate surface area is 126 Å². The molecule has 21 heavy (non-hydrogen) atoms. The first kappa shape index (κ1) is 16.0. The molecule has 0 amide bonds. The number of aromatic nitrogens is 1. The van der Waals surface area contributed by atoms with E-state index in [9.17, 15) is 5.11 Å². The van der Waals surface area contributed by atoms with Crippen molar-refractivity contribution >= 4 is 0 Å². The van der Waals surface area contributed by atoms with Crippen molar-refractivity contribution in [1.82, 2.24) is 15.2 Å². The molecule has 1 unspecified atom stereocenters. The highest BCUT2D eigenvalue weighted by molar-refractivity contribution is 5.42. The molecule has 2 heterocycles. The van der Waals surface area contributed by atoms with Crippen LogP contribution in [-0.2, 0) is 6.54 Å². The van der Waals surface area contributed by atoms with Crippen molar-refractivity contribution in [2.24, 2.45) is 0 Å². The summed E-state index contributed by atoms with van der Waals surface area (Å²) in [4.78, 5) is 6.61. The predicted octanol–water partition coefficient (Wildman–Crippen LogP) is 0.645. The summed E-state index contributed by atoms with van der Waals surface area (Å²) in [5, 5.41) is 12.8. The van der Waals surface area contributed by atoms with Crippen LogP contribution in [0.2, 0.25) is 0 Å². The highest BCUT2D eigenvalue weighted by atomic mass is 16.5. The Morgan fingerprint density at radius 3 is 2.90 bits per heavy atom. The Morgan fingerprint density at radius 2 is 2.29 bits per heavy atom. The van der Waals surface area contributed by atoms with E-state index in [1.165, 1.54) is 12.8 Å². The highest BCUT2D eigenvalue weighted by Crippen LogP contribution is 2.29. The van der Waals surface area contributed by atoms with Gasteiger partial charge in [0.1, 0.15) is 5.69 Å². The van der Waals surface area contributed by atoms with E-state index in [0.717, 1.165) is 18.8 Å². The summed E-state index contributed by atoms with van der Waals surface area (Å²) in [5.41, 5.74) is 0.836. The lowest BCUT2D eigenvalue weighted by molar-refractivity contribution is 0.176. The number of aliphatic hydroxyl groups excluding tert-OH is 1. The molecule has 2 N–H and O–H groups in total. The summed E-state index contributed by atoms with van der Waals surface area (Å²) < 4.78 is 10.7. The topological polar surface area (TPSA) is 66.9 Å². The number of nitrogens with one attached hydrogen (secondary N) is 1. The van der Waals surface area contributed by atoms with E-state index >= 15 is 0 Å². The normalized spacial score (nSPS) is 18.2. The highest BCUT2D eigenvalue weighted by Gasteiger charge is 2.20. The first-order valence-corrected chi connectivity index (χ1v) is 7.41. The zero-order valence-electron chi connectivity index (χ0n) is 12.8. The molecule has 1 atom stereocenters. The maximum Gasteiger partial charge on any atom is 0.183 e. The van der Waals surface area contributed by atoms with Gasteiger partial charge in [0.05, 0.1) is 20.8 Å². The third kappa shape index (κ3) is 4.30. The van der Waals surface area contributed by atoms with Gasteiger partial charge in [-0.25, -0.2) is 0 Å². The van der Waals surface area contributed by atoms with E-state index < -0.39 is 0 Å². The van der Waals surface area contributed by atoms with Gasteiger partial charge in [0.25, 0.3) is 0 Å². The minimum Gasteiger partial charge on any atom is -0.493 e. The molecule has 2 rings (SSSR count). The van der Waals surface area contributed by atoms with Gasteiger partial charge < -0.3 is 19.9 Å². The van der Waals surface area contributed by atoms with Crippen molar-refractivity contribution in [2.75, 3.05) is 40.5 Å². The fourth-order valence-corrected chi connectivity index (χ4v) is 2.78. The van der Waals surface area contributed by atoms with Crippen molar-refractivity contribution in [2.45, 2.75) is 25.4 Å². The predicted molar refractivity (Wildman–Crippen MR) is 80.7 cm³/mol. The number of hydrogen-bond donors (Lipinski definition) is 2. The van der Waals surface area contributed by atoms with Crippen molar-refractivity contribution in [3.05, 3.63) is 18.0 Å². The maximum atomic E-state index is 9.28. The van der Waals surface area contributed by atoms with Gasteiger partial charge in [-0.15, -0.1) is 0 Å². The van der Waals surface area contributed by atoms with Gasteiger partial charge in [-0.1, -0.05) is 0 Å². The standard InChI is InChI=1S/C15H25N3O3/c1-20-14-5-7-17-13(15(14)21-2)11-18(8-9-19)10-12-4-3-6-16-12/h5,7,12,16,19H,3-4,6,8-11H2,1-2H3. The molecule has 0 saturated carbocycles. The van der Waals surface area contributed by atoms with Crippen LogP contribution in [0.3, 0.4) is 0 Å². The molecule has 0 spiro atoms. The third-order valence-corrected chi connectivity index (χ3v) is 3.80. The number of rotatable bonds is 8. The number of aliphatic hydroxyl groups is 1. The summed E-state index contributed by atoms with van der Waals surface area (Å²) in [6.45, 7) is 3.39. The maximum absolute atomic E-state index is 9.28. The smallest absolute Gasteiger partial charge is 0.183 e. The van der Waals surface area contributed by atoms with Crippen molar-refractivity contribution < 1.29 is 14.6 Å². The Bertz CT molecular complexity index is 436. The first-order valence-electron chi connectivity index (χ1n) is 7.41. The lowest BCUT2D eigenvalue weighted by Crippen LogP contribution is -2.38. The van der Waals surface area contributed by atoms with Crippen LogP contribution in [0.5, 0.6) is 11.5 Å². The molecule has 6 heteroatoms. The summed E-state index contributed by atoms with van der Waals surface area (Å²) in [6.07, 6.45) is 4.13. The van der Waals surface area contributed by atoms with E-state index in [1.807, 2.05) is 0 Å². The Balaban J connectivity index is 2.08. The second-order valence-electron chi connectivity index (χ2n) is 5.25. The second-order valence-corrected chi connectivity index (χ2v) is 5.25. The van der Waals surface area contributed by atoms with Crippen LogP contribution < -0.4 is 14.8 Å². The lowest BCUT2D eigenvalue weighted by Gasteiger charge is -2.25. The minimum absolute atomic E-state index is 0.138. The molecular formula is C15H25N3O3. The summed E-state index contributed by atoms with van der Waals surface area (Å²) in [5.74, 6) is 1.35. The number of pyridine rings is 1. The number of nitrogens with zero attached hydrogens (tertiary/aromatic N) is 2. The summed E-state index contributed by atoms with van der Waals surface area (Å²) >= 11 is 0. The molecule has 1 aromatic heterocycles. The van der Waals surface area contributed by atoms with Crippen LogP contribution in [0.25, 0.3) is 0 Å². The van der Waals surface area contributed by atoms with Crippen molar-refractivity contribution in [3.8, 4) is 11.5 Å². The molecule has 1 aliphatic heterocycles.